The van der Waals surface area contributed by atoms with E-state index < -0.39 is 18.7 Å². The van der Waals surface area contributed by atoms with Crippen LogP contribution in [0, 0.1) is 0 Å². The summed E-state index contributed by atoms with van der Waals surface area (Å²) in [5, 5.41) is 15.4. The third-order valence-electron chi connectivity index (χ3n) is 9.41. The molecule has 0 unspecified atom stereocenters. The fourth-order valence-electron chi connectivity index (χ4n) is 6.67. The molecule has 0 bridgehead atoms. The topological polar surface area (TPSA) is 65.7 Å². The summed E-state index contributed by atoms with van der Waals surface area (Å²) in [4.78, 5) is 4.88. The first-order valence-corrected chi connectivity index (χ1v) is 25.1. The van der Waals surface area contributed by atoms with Gasteiger partial charge in [-0.1, -0.05) is 6.92 Å². The normalized spacial score (nSPS) is 13.2. The molecule has 1 aliphatic rings. The summed E-state index contributed by atoms with van der Waals surface area (Å²) in [5.41, 5.74) is 7.66. The Morgan fingerprint density at radius 1 is 0.844 bits per heavy atom. The number of fused-ring (bicyclic) bond motifs is 1. The number of rotatable bonds is 16. The predicted molar refractivity (Wildman–Crippen MR) is 189 cm³/mol. The predicted octanol–water partition coefficient (Wildman–Crippen LogP) is 10.3. The molecule has 4 aromatic rings. The Hall–Kier alpha value is -2.45. The van der Waals surface area contributed by atoms with Gasteiger partial charge in [0.2, 0.25) is 0 Å². The summed E-state index contributed by atoms with van der Waals surface area (Å²) in [6.45, 7) is 9.46. The molecule has 240 valence electrons. The maximum atomic E-state index is 6.92. The Balaban J connectivity index is 1.40. The van der Waals surface area contributed by atoms with Gasteiger partial charge in [0, 0.05) is 23.0 Å². The summed E-state index contributed by atoms with van der Waals surface area (Å²) in [6.07, 6.45) is 12.8. The van der Waals surface area contributed by atoms with Crippen molar-refractivity contribution in [2.24, 2.45) is 0 Å². The van der Waals surface area contributed by atoms with Gasteiger partial charge in [-0.3, -0.25) is 4.98 Å². The Kier molecular flexibility index (Phi) is 12.4. The molecule has 5 rings (SSSR count). The van der Waals surface area contributed by atoms with Gasteiger partial charge in [0.05, 0.1) is 0 Å². The fourth-order valence-corrected chi connectivity index (χ4v) is 21.0. The van der Waals surface area contributed by atoms with E-state index in [1.165, 1.54) is 75.9 Å². The minimum absolute atomic E-state index is 0.429. The van der Waals surface area contributed by atoms with Crippen LogP contribution in [0.3, 0.4) is 0 Å². The second-order valence-corrected chi connectivity index (χ2v) is 25.5. The van der Waals surface area contributed by atoms with Crippen LogP contribution in [0.5, 0.6) is 5.75 Å². The van der Waals surface area contributed by atoms with E-state index in [4.69, 9.17) is 36.7 Å². The SMILES string of the molecule is CCC[CH2][Sn]([CH2]CCC)([CH2]CCC)[n]1nnc(-c2ccccc2-c2ccc(COc3cc(CC)nc4c3CCCC4)c(Cl)c2)n1. The van der Waals surface area contributed by atoms with E-state index in [1.54, 1.807) is 0 Å². The molecule has 8 heteroatoms. The Morgan fingerprint density at radius 2 is 1.53 bits per heavy atom. The van der Waals surface area contributed by atoms with Crippen molar-refractivity contribution in [1.29, 1.82) is 0 Å². The van der Waals surface area contributed by atoms with E-state index in [0.717, 1.165) is 53.0 Å². The second-order valence-electron chi connectivity index (χ2n) is 12.7. The van der Waals surface area contributed by atoms with Gasteiger partial charge in [0.1, 0.15) is 0 Å². The quantitative estimate of drug-likeness (QED) is 0.107. The van der Waals surface area contributed by atoms with Crippen LogP contribution in [-0.2, 0) is 25.9 Å². The molecule has 0 aliphatic heterocycles. The molecule has 45 heavy (non-hydrogen) atoms. The number of pyridine rings is 1. The zero-order chi connectivity index (χ0) is 31.6. The molecule has 2 aromatic heterocycles. The summed E-state index contributed by atoms with van der Waals surface area (Å²) < 4.78 is 12.5. The van der Waals surface area contributed by atoms with E-state index in [2.05, 4.69) is 79.2 Å². The number of unbranched alkanes of at least 4 members (excludes halogenated alkanes) is 3. The Morgan fingerprint density at radius 3 is 2.20 bits per heavy atom. The van der Waals surface area contributed by atoms with Gasteiger partial charge >= 0.3 is 214 Å². The van der Waals surface area contributed by atoms with Crippen LogP contribution in [0.4, 0.5) is 0 Å². The number of halogens is 1. The van der Waals surface area contributed by atoms with Crippen LogP contribution >= 0.6 is 11.6 Å². The van der Waals surface area contributed by atoms with Crippen molar-refractivity contribution in [3.63, 3.8) is 0 Å². The molecule has 6 nitrogen and oxygen atoms in total. The molecular weight excluding hydrogens is 685 g/mol. The van der Waals surface area contributed by atoms with Crippen molar-refractivity contribution in [3.05, 3.63) is 76.1 Å². The van der Waals surface area contributed by atoms with Crippen molar-refractivity contribution in [2.75, 3.05) is 0 Å². The van der Waals surface area contributed by atoms with Gasteiger partial charge in [0.15, 0.2) is 0 Å². The third-order valence-corrected chi connectivity index (χ3v) is 23.7. The molecule has 0 atom stereocenters. The maximum absolute atomic E-state index is 6.92. The van der Waals surface area contributed by atoms with Crippen LogP contribution in [-0.4, -0.2) is 42.1 Å². The first-order chi connectivity index (χ1) is 22.0. The first kappa shape index (κ1) is 33.9. The zero-order valence-electron chi connectivity index (χ0n) is 27.7. The van der Waals surface area contributed by atoms with E-state index in [9.17, 15) is 0 Å². The second kappa shape index (κ2) is 16.4. The van der Waals surface area contributed by atoms with Crippen LogP contribution in [0.1, 0.15) is 102 Å². The van der Waals surface area contributed by atoms with Gasteiger partial charge in [-0.05, 0) is 32.1 Å². The molecule has 2 aromatic carbocycles. The molecule has 2 heterocycles. The average molecular weight is 735 g/mol. The number of aromatic nitrogens is 5. The third kappa shape index (κ3) is 8.10. The molecule has 0 N–H and O–H groups in total. The number of hydrogen-bond acceptors (Lipinski definition) is 5. The molecular formula is C37H50ClN5OSn. The van der Waals surface area contributed by atoms with Crippen molar-refractivity contribution in [3.8, 4) is 28.3 Å². The van der Waals surface area contributed by atoms with E-state index in [0.29, 0.717) is 17.5 Å². The standard InChI is InChI=1S/C25H23ClN5O.3C4H9.Sn/c1-2-18-14-24(21-9-5-6-10-23(21)27-18)32-15-17-12-11-16(13-22(17)26)19-7-3-4-8-20(19)25-28-30-31-29-25;3*1-3-4-2;/h3-4,7-8,11-14H,2,5-6,9-10,15H2,1H3;3*1,3-4H2,2H3;/q-1;;;;+1. The van der Waals surface area contributed by atoms with Crippen molar-refractivity contribution in [2.45, 2.75) is 118 Å². The average Bonchev–Trinajstić information content (AvgIpc) is 3.58. The number of aryl methyl sites for hydroxylation is 2. The summed E-state index contributed by atoms with van der Waals surface area (Å²) in [5.74, 6) is 1.68. The van der Waals surface area contributed by atoms with Crippen molar-refractivity contribution in [1.82, 2.24) is 23.4 Å². The zero-order valence-corrected chi connectivity index (χ0v) is 31.4. The van der Waals surface area contributed by atoms with Gasteiger partial charge < -0.3 is 0 Å². The fraction of sp³-hybridized carbons (Fsp3) is 0.514. The summed E-state index contributed by atoms with van der Waals surface area (Å²) in [6, 6.07) is 16.8. The molecule has 1 aliphatic carbocycles. The summed E-state index contributed by atoms with van der Waals surface area (Å²) in [7, 11) is 0. The molecule has 0 amide bonds. The van der Waals surface area contributed by atoms with Crippen LogP contribution in [0.15, 0.2) is 48.5 Å². The molecule has 0 saturated carbocycles. The van der Waals surface area contributed by atoms with Gasteiger partial charge in [-0.25, -0.2) is 0 Å². The Bertz CT molecular complexity index is 1530. The number of tetrazole rings is 1. The van der Waals surface area contributed by atoms with Gasteiger partial charge in [-0.2, -0.15) is 0 Å². The molecule has 0 saturated heterocycles. The number of benzene rings is 2. The number of hydrogen-bond donors (Lipinski definition) is 0. The molecule has 0 radical (unpaired) electrons. The van der Waals surface area contributed by atoms with Crippen molar-refractivity contribution >= 4 is 30.3 Å². The number of ether oxygens (including phenoxy) is 1. The van der Waals surface area contributed by atoms with Gasteiger partial charge in [-0.15, -0.1) is 0 Å². The van der Waals surface area contributed by atoms with E-state index >= 15 is 0 Å². The van der Waals surface area contributed by atoms with Crippen LogP contribution in [0.25, 0.3) is 22.5 Å². The Labute approximate surface area is 279 Å². The van der Waals surface area contributed by atoms with E-state index in [-0.39, 0.29) is 0 Å². The summed E-state index contributed by atoms with van der Waals surface area (Å²) >= 11 is 4.06. The van der Waals surface area contributed by atoms with Crippen LogP contribution < -0.4 is 4.74 Å². The first-order valence-electron chi connectivity index (χ1n) is 17.3. The minimum atomic E-state index is -2.86. The number of nitrogens with zero attached hydrogens (tertiary/aromatic N) is 5. The van der Waals surface area contributed by atoms with Crippen molar-refractivity contribution < 1.29 is 4.74 Å². The van der Waals surface area contributed by atoms with Crippen LogP contribution in [0.2, 0.25) is 18.3 Å². The molecule has 0 fully saturated rings. The van der Waals surface area contributed by atoms with E-state index in [1.807, 2.05) is 0 Å². The monoisotopic (exact) mass is 735 g/mol. The molecule has 0 spiro atoms. The van der Waals surface area contributed by atoms with Gasteiger partial charge in [0.25, 0.3) is 0 Å².